The maximum atomic E-state index is 9.60. The molecule has 1 aliphatic rings. The third-order valence-electron chi connectivity index (χ3n) is 4.79. The van der Waals surface area contributed by atoms with E-state index in [-0.39, 0.29) is 17.4 Å². The summed E-state index contributed by atoms with van der Waals surface area (Å²) in [6.45, 7) is 1.09. The molecule has 0 saturated heterocycles. The molecule has 5 heteroatoms. The fraction of sp³-hybridized carbons (Fsp3) is 0.130. The normalized spacial score (nSPS) is 15.7. The van der Waals surface area contributed by atoms with Crippen molar-refractivity contribution in [1.82, 2.24) is 0 Å². The standard InChI is InChI=1S/C23H19ClN2O2/c24-20-6-4-16(5-7-20)17-2-3-18-12-26-14-19(21(18)10-17)13-25-11-15-1-8-22(27)23(28)9-15/h1-10,13-14,19,27-28H,11-12H2. The molecule has 3 aromatic carbocycles. The Morgan fingerprint density at radius 2 is 1.75 bits per heavy atom. The number of phenolic OH excluding ortho intramolecular Hbond substituents is 2. The monoisotopic (exact) mass is 390 g/mol. The van der Waals surface area contributed by atoms with E-state index in [0.29, 0.717) is 13.1 Å². The van der Waals surface area contributed by atoms with E-state index in [1.807, 2.05) is 36.7 Å². The highest BCUT2D eigenvalue weighted by molar-refractivity contribution is 6.30. The van der Waals surface area contributed by atoms with Crippen LogP contribution in [0.5, 0.6) is 11.5 Å². The van der Waals surface area contributed by atoms with Crippen LogP contribution in [0.25, 0.3) is 11.1 Å². The maximum absolute atomic E-state index is 9.60. The second-order valence-electron chi connectivity index (χ2n) is 6.75. The predicted molar refractivity (Wildman–Crippen MR) is 114 cm³/mol. The van der Waals surface area contributed by atoms with Crippen molar-refractivity contribution < 1.29 is 10.2 Å². The summed E-state index contributed by atoms with van der Waals surface area (Å²) in [5, 5.41) is 19.7. The van der Waals surface area contributed by atoms with Crippen LogP contribution in [-0.2, 0) is 13.1 Å². The lowest BCUT2D eigenvalue weighted by molar-refractivity contribution is 0.403. The summed E-state index contributed by atoms with van der Waals surface area (Å²) in [5.74, 6) is -0.262. The minimum atomic E-state index is -0.134. The maximum Gasteiger partial charge on any atom is 0.157 e. The van der Waals surface area contributed by atoms with Crippen LogP contribution in [0.1, 0.15) is 22.6 Å². The minimum Gasteiger partial charge on any atom is -0.504 e. The van der Waals surface area contributed by atoms with Crippen LogP contribution in [0, 0.1) is 0 Å². The Labute approximate surface area is 168 Å². The van der Waals surface area contributed by atoms with Gasteiger partial charge in [-0.15, -0.1) is 0 Å². The molecular weight excluding hydrogens is 372 g/mol. The highest BCUT2D eigenvalue weighted by atomic mass is 35.5. The van der Waals surface area contributed by atoms with Gasteiger partial charge in [0.05, 0.1) is 19.0 Å². The highest BCUT2D eigenvalue weighted by Gasteiger charge is 2.16. The Morgan fingerprint density at radius 3 is 2.54 bits per heavy atom. The van der Waals surface area contributed by atoms with Crippen molar-refractivity contribution in [3.05, 3.63) is 82.4 Å². The van der Waals surface area contributed by atoms with E-state index >= 15 is 0 Å². The second-order valence-corrected chi connectivity index (χ2v) is 7.19. The lowest BCUT2D eigenvalue weighted by Crippen LogP contribution is -2.10. The van der Waals surface area contributed by atoms with Gasteiger partial charge < -0.3 is 10.2 Å². The molecule has 0 aliphatic carbocycles. The number of phenols is 2. The van der Waals surface area contributed by atoms with Crippen LogP contribution in [0.4, 0.5) is 0 Å². The average Bonchev–Trinajstić information content (AvgIpc) is 2.71. The summed E-state index contributed by atoms with van der Waals surface area (Å²) in [5.41, 5.74) is 5.46. The number of fused-ring (bicyclic) bond motifs is 1. The molecule has 3 aromatic rings. The van der Waals surface area contributed by atoms with Gasteiger partial charge in [-0.3, -0.25) is 9.98 Å². The summed E-state index contributed by atoms with van der Waals surface area (Å²) in [7, 11) is 0. The topological polar surface area (TPSA) is 65.2 Å². The minimum absolute atomic E-state index is 0.00159. The molecule has 0 saturated carbocycles. The van der Waals surface area contributed by atoms with Crippen LogP contribution in [0.2, 0.25) is 5.02 Å². The molecule has 2 N–H and O–H groups in total. The van der Waals surface area contributed by atoms with E-state index in [1.54, 1.807) is 6.07 Å². The van der Waals surface area contributed by atoms with Crippen LogP contribution in [0.15, 0.2) is 70.6 Å². The smallest absolute Gasteiger partial charge is 0.157 e. The van der Waals surface area contributed by atoms with Gasteiger partial charge in [-0.2, -0.15) is 0 Å². The zero-order valence-electron chi connectivity index (χ0n) is 15.1. The fourth-order valence-corrected chi connectivity index (χ4v) is 3.40. The first-order chi connectivity index (χ1) is 13.6. The van der Waals surface area contributed by atoms with Gasteiger partial charge in [-0.05, 0) is 58.1 Å². The third kappa shape index (κ3) is 3.92. The molecule has 0 aromatic heterocycles. The zero-order valence-corrected chi connectivity index (χ0v) is 15.8. The number of aromatic hydroxyl groups is 2. The van der Waals surface area contributed by atoms with E-state index in [2.05, 4.69) is 28.2 Å². The Balaban J connectivity index is 1.57. The molecule has 4 nitrogen and oxygen atoms in total. The quantitative estimate of drug-likeness (QED) is 0.465. The number of hydrogen-bond donors (Lipinski definition) is 2. The zero-order chi connectivity index (χ0) is 19.5. The SMILES string of the molecule is Oc1ccc(CN=CC2C=NCc3ccc(-c4ccc(Cl)cc4)cc32)cc1O. The molecule has 1 heterocycles. The highest BCUT2D eigenvalue weighted by Crippen LogP contribution is 2.30. The number of benzene rings is 3. The van der Waals surface area contributed by atoms with Gasteiger partial charge in [0.25, 0.3) is 0 Å². The van der Waals surface area contributed by atoms with Gasteiger partial charge in [-0.25, -0.2) is 0 Å². The van der Waals surface area contributed by atoms with E-state index in [0.717, 1.165) is 21.7 Å². The summed E-state index contributed by atoms with van der Waals surface area (Å²) >= 11 is 6.00. The lowest BCUT2D eigenvalue weighted by Gasteiger charge is -2.18. The first-order valence-electron chi connectivity index (χ1n) is 8.99. The van der Waals surface area contributed by atoms with Crippen molar-refractivity contribution in [2.24, 2.45) is 9.98 Å². The summed E-state index contributed by atoms with van der Waals surface area (Å²) in [6, 6.07) is 19.0. The molecule has 0 spiro atoms. The van der Waals surface area contributed by atoms with Crippen LogP contribution >= 0.6 is 11.6 Å². The number of nitrogens with zero attached hydrogens (tertiary/aromatic N) is 2. The Hall–Kier alpha value is -3.11. The summed E-state index contributed by atoms with van der Waals surface area (Å²) in [6.07, 6.45) is 3.81. The van der Waals surface area contributed by atoms with Crippen LogP contribution in [-0.4, -0.2) is 22.6 Å². The van der Waals surface area contributed by atoms with Gasteiger partial charge in [0, 0.05) is 17.5 Å². The number of aliphatic imine (C=N–C) groups is 2. The van der Waals surface area contributed by atoms with Gasteiger partial charge in [-0.1, -0.05) is 41.9 Å². The van der Waals surface area contributed by atoms with Crippen molar-refractivity contribution in [2.75, 3.05) is 0 Å². The molecule has 1 atom stereocenters. The van der Waals surface area contributed by atoms with Crippen LogP contribution < -0.4 is 0 Å². The summed E-state index contributed by atoms with van der Waals surface area (Å²) in [4.78, 5) is 8.98. The van der Waals surface area contributed by atoms with E-state index in [1.165, 1.54) is 23.3 Å². The number of halogens is 1. The Kier molecular flexibility index (Phi) is 5.13. The fourth-order valence-electron chi connectivity index (χ4n) is 3.27. The van der Waals surface area contributed by atoms with E-state index < -0.39 is 0 Å². The second kappa shape index (κ2) is 7.87. The number of hydrogen-bond acceptors (Lipinski definition) is 4. The molecule has 1 unspecified atom stereocenters. The molecule has 4 rings (SSSR count). The predicted octanol–water partition coefficient (Wildman–Crippen LogP) is 5.36. The van der Waals surface area contributed by atoms with Crippen molar-refractivity contribution in [1.29, 1.82) is 0 Å². The first-order valence-corrected chi connectivity index (χ1v) is 9.37. The van der Waals surface area contributed by atoms with Gasteiger partial charge in [0.2, 0.25) is 0 Å². The lowest BCUT2D eigenvalue weighted by atomic mass is 9.90. The van der Waals surface area contributed by atoms with Crippen molar-refractivity contribution in [3.63, 3.8) is 0 Å². The molecule has 0 fully saturated rings. The van der Waals surface area contributed by atoms with Crippen LogP contribution in [0.3, 0.4) is 0 Å². The largest absolute Gasteiger partial charge is 0.504 e. The summed E-state index contributed by atoms with van der Waals surface area (Å²) < 4.78 is 0. The third-order valence-corrected chi connectivity index (χ3v) is 5.04. The van der Waals surface area contributed by atoms with E-state index in [9.17, 15) is 10.2 Å². The van der Waals surface area contributed by atoms with Gasteiger partial charge in [0.15, 0.2) is 11.5 Å². The van der Waals surface area contributed by atoms with Crippen molar-refractivity contribution >= 4 is 24.0 Å². The average molecular weight is 391 g/mol. The molecule has 28 heavy (non-hydrogen) atoms. The van der Waals surface area contributed by atoms with Crippen molar-refractivity contribution in [2.45, 2.75) is 19.0 Å². The molecule has 140 valence electrons. The number of rotatable bonds is 4. The Morgan fingerprint density at radius 1 is 0.964 bits per heavy atom. The van der Waals surface area contributed by atoms with E-state index in [4.69, 9.17) is 11.6 Å². The molecule has 1 aliphatic heterocycles. The van der Waals surface area contributed by atoms with Crippen molar-refractivity contribution in [3.8, 4) is 22.6 Å². The first kappa shape index (κ1) is 18.3. The molecular formula is C23H19ClN2O2. The molecule has 0 radical (unpaired) electrons. The van der Waals surface area contributed by atoms with Gasteiger partial charge in [0.1, 0.15) is 0 Å². The Bertz CT molecular complexity index is 1060. The molecule has 0 bridgehead atoms. The molecule has 0 amide bonds. The van der Waals surface area contributed by atoms with Gasteiger partial charge >= 0.3 is 0 Å².